The van der Waals surface area contributed by atoms with Crippen LogP contribution in [0.2, 0.25) is 0 Å². The number of carbonyl (C=O) groups excluding carboxylic acids is 1. The first kappa shape index (κ1) is 23.3. The number of nitrogens with one attached hydrogen (secondary N) is 1. The lowest BCUT2D eigenvalue weighted by Gasteiger charge is -2.14. The van der Waals surface area contributed by atoms with Crippen LogP contribution in [0, 0.1) is 11.3 Å². The van der Waals surface area contributed by atoms with Crippen LogP contribution in [0.5, 0.6) is 11.5 Å². The van der Waals surface area contributed by atoms with Gasteiger partial charge < -0.3 is 19.5 Å². The van der Waals surface area contributed by atoms with Gasteiger partial charge in [0.1, 0.15) is 18.2 Å². The summed E-state index contributed by atoms with van der Waals surface area (Å²) in [6.45, 7) is 3.88. The first-order chi connectivity index (χ1) is 16.7. The number of nitriles is 1. The lowest BCUT2D eigenvalue weighted by atomic mass is 10.1. The van der Waals surface area contributed by atoms with E-state index in [4.69, 9.17) is 14.2 Å². The van der Waals surface area contributed by atoms with Crippen LogP contribution >= 0.6 is 0 Å². The average molecular weight is 457 g/mol. The molecule has 0 bridgehead atoms. The van der Waals surface area contributed by atoms with Gasteiger partial charge in [0.05, 0.1) is 12.7 Å². The molecule has 1 N–H and O–H groups in total. The van der Waals surface area contributed by atoms with Gasteiger partial charge in [0.25, 0.3) is 5.91 Å². The van der Waals surface area contributed by atoms with E-state index in [9.17, 15) is 10.1 Å². The SMILES string of the molecule is CCOc1cc(/C=C(/C#N)C(=O)NC[C@H]2CCCO2)ccc1OCc1cccc2ccccc12. The number of benzene rings is 3. The van der Waals surface area contributed by atoms with E-state index in [-0.39, 0.29) is 11.7 Å². The molecule has 1 amide bonds. The Hall–Kier alpha value is -3.82. The van der Waals surface area contributed by atoms with Crippen molar-refractivity contribution in [2.75, 3.05) is 19.8 Å². The second-order valence-electron chi connectivity index (χ2n) is 8.08. The van der Waals surface area contributed by atoms with Crippen molar-refractivity contribution in [1.82, 2.24) is 5.32 Å². The van der Waals surface area contributed by atoms with E-state index >= 15 is 0 Å². The molecule has 0 saturated carbocycles. The second kappa shape index (κ2) is 11.4. The van der Waals surface area contributed by atoms with E-state index in [0.29, 0.717) is 36.8 Å². The van der Waals surface area contributed by atoms with Crippen LogP contribution in [0.3, 0.4) is 0 Å². The smallest absolute Gasteiger partial charge is 0.262 e. The Morgan fingerprint density at radius 2 is 2.00 bits per heavy atom. The van der Waals surface area contributed by atoms with E-state index in [1.807, 2.05) is 43.3 Å². The predicted molar refractivity (Wildman–Crippen MR) is 131 cm³/mol. The third kappa shape index (κ3) is 5.75. The Bertz CT molecular complexity index is 1220. The zero-order valence-electron chi connectivity index (χ0n) is 19.3. The highest BCUT2D eigenvalue weighted by Crippen LogP contribution is 2.31. The summed E-state index contributed by atoms with van der Waals surface area (Å²) in [4.78, 5) is 12.5. The number of hydrogen-bond acceptors (Lipinski definition) is 5. The molecule has 6 heteroatoms. The number of amides is 1. The fraction of sp³-hybridized carbons (Fsp3) is 0.286. The van der Waals surface area contributed by atoms with Crippen molar-refractivity contribution in [1.29, 1.82) is 5.26 Å². The first-order valence-corrected chi connectivity index (χ1v) is 11.6. The summed E-state index contributed by atoms with van der Waals surface area (Å²) in [7, 11) is 0. The molecule has 34 heavy (non-hydrogen) atoms. The van der Waals surface area contributed by atoms with Crippen molar-refractivity contribution < 1.29 is 19.0 Å². The molecule has 174 valence electrons. The largest absolute Gasteiger partial charge is 0.490 e. The number of hydrogen-bond donors (Lipinski definition) is 1. The molecule has 4 rings (SSSR count). The molecule has 6 nitrogen and oxygen atoms in total. The van der Waals surface area contributed by atoms with Crippen LogP contribution in [-0.2, 0) is 16.1 Å². The normalized spacial score (nSPS) is 15.6. The van der Waals surface area contributed by atoms with Gasteiger partial charge in [-0.05, 0) is 59.9 Å². The van der Waals surface area contributed by atoms with Crippen LogP contribution in [0.4, 0.5) is 0 Å². The fourth-order valence-electron chi connectivity index (χ4n) is 4.00. The third-order valence-corrected chi connectivity index (χ3v) is 5.72. The summed E-state index contributed by atoms with van der Waals surface area (Å²) < 4.78 is 17.4. The molecular formula is C28H28N2O4. The number of carbonyl (C=O) groups is 1. The minimum absolute atomic E-state index is 0.0200. The third-order valence-electron chi connectivity index (χ3n) is 5.72. The Morgan fingerprint density at radius 3 is 2.79 bits per heavy atom. The van der Waals surface area contributed by atoms with Gasteiger partial charge in [-0.25, -0.2) is 0 Å². The van der Waals surface area contributed by atoms with E-state index in [2.05, 4.69) is 23.5 Å². The minimum Gasteiger partial charge on any atom is -0.490 e. The molecule has 0 spiro atoms. The van der Waals surface area contributed by atoms with Gasteiger partial charge in [0, 0.05) is 13.2 Å². The van der Waals surface area contributed by atoms with Crippen molar-refractivity contribution in [3.8, 4) is 17.6 Å². The van der Waals surface area contributed by atoms with Crippen LogP contribution < -0.4 is 14.8 Å². The summed E-state index contributed by atoms with van der Waals surface area (Å²) in [5.74, 6) is 0.758. The van der Waals surface area contributed by atoms with Gasteiger partial charge >= 0.3 is 0 Å². The zero-order valence-corrected chi connectivity index (χ0v) is 19.3. The summed E-state index contributed by atoms with van der Waals surface area (Å²) in [6.07, 6.45) is 3.49. The van der Waals surface area contributed by atoms with E-state index < -0.39 is 5.91 Å². The van der Waals surface area contributed by atoms with Gasteiger partial charge in [-0.15, -0.1) is 0 Å². The average Bonchev–Trinajstić information content (AvgIpc) is 3.39. The van der Waals surface area contributed by atoms with Crippen LogP contribution in [0.1, 0.15) is 30.9 Å². The maximum Gasteiger partial charge on any atom is 0.262 e. The molecule has 3 aromatic rings. The highest BCUT2D eigenvalue weighted by Gasteiger charge is 2.18. The van der Waals surface area contributed by atoms with Crippen LogP contribution in [-0.4, -0.2) is 31.8 Å². The molecule has 1 heterocycles. The lowest BCUT2D eigenvalue weighted by Crippen LogP contribution is -2.32. The molecule has 0 unspecified atom stereocenters. The first-order valence-electron chi connectivity index (χ1n) is 11.6. The molecule has 3 aromatic carbocycles. The maximum absolute atomic E-state index is 12.5. The molecule has 1 aliphatic heterocycles. The van der Waals surface area contributed by atoms with Crippen molar-refractivity contribution >= 4 is 22.8 Å². The number of rotatable bonds is 9. The molecule has 0 aliphatic carbocycles. The van der Waals surface area contributed by atoms with Crippen LogP contribution in [0.15, 0.2) is 66.2 Å². The molecule has 1 fully saturated rings. The van der Waals surface area contributed by atoms with Crippen molar-refractivity contribution in [2.24, 2.45) is 0 Å². The fourth-order valence-corrected chi connectivity index (χ4v) is 4.00. The zero-order chi connectivity index (χ0) is 23.8. The summed E-state index contributed by atoms with van der Waals surface area (Å²) >= 11 is 0. The maximum atomic E-state index is 12.5. The Balaban J connectivity index is 1.48. The van der Waals surface area contributed by atoms with Crippen LogP contribution in [0.25, 0.3) is 16.8 Å². The Kier molecular flexibility index (Phi) is 7.79. The highest BCUT2D eigenvalue weighted by atomic mass is 16.5. The Labute approximate surface area is 199 Å². The van der Waals surface area contributed by atoms with E-state index in [0.717, 1.165) is 35.8 Å². The number of ether oxygens (including phenoxy) is 3. The number of nitrogens with zero attached hydrogens (tertiary/aromatic N) is 1. The summed E-state index contributed by atoms with van der Waals surface area (Å²) in [6, 6.07) is 21.7. The highest BCUT2D eigenvalue weighted by molar-refractivity contribution is 6.01. The molecule has 1 atom stereocenters. The topological polar surface area (TPSA) is 80.6 Å². The van der Waals surface area contributed by atoms with Crippen molar-refractivity contribution in [3.05, 3.63) is 77.4 Å². The quantitative estimate of drug-likeness (QED) is 0.361. The standard InChI is InChI=1S/C28H28N2O4/c1-2-32-27-16-20(15-23(17-29)28(31)30-18-24-10-6-14-33-24)12-13-26(27)34-19-22-9-5-8-21-7-3-4-11-25(21)22/h3-5,7-9,11-13,15-16,24H,2,6,10,14,18-19H2,1H3,(H,30,31)/b23-15-/t24-/m1/s1. The lowest BCUT2D eigenvalue weighted by molar-refractivity contribution is -0.117. The van der Waals surface area contributed by atoms with Gasteiger partial charge in [-0.3, -0.25) is 4.79 Å². The van der Waals surface area contributed by atoms with Gasteiger partial charge in [0.2, 0.25) is 0 Å². The molecule has 1 saturated heterocycles. The monoisotopic (exact) mass is 456 g/mol. The summed E-state index contributed by atoms with van der Waals surface area (Å²) in [5.41, 5.74) is 1.80. The Morgan fingerprint density at radius 1 is 1.15 bits per heavy atom. The van der Waals surface area contributed by atoms with Gasteiger partial charge in [0.15, 0.2) is 11.5 Å². The van der Waals surface area contributed by atoms with Crippen molar-refractivity contribution in [2.45, 2.75) is 32.5 Å². The second-order valence-corrected chi connectivity index (χ2v) is 8.08. The predicted octanol–water partition coefficient (Wildman–Crippen LogP) is 5.02. The van der Waals surface area contributed by atoms with Crippen molar-refractivity contribution in [3.63, 3.8) is 0 Å². The summed E-state index contributed by atoms with van der Waals surface area (Å²) in [5, 5.41) is 14.6. The molecule has 0 radical (unpaired) electrons. The molecular weight excluding hydrogens is 428 g/mol. The number of fused-ring (bicyclic) bond motifs is 1. The molecule has 0 aromatic heterocycles. The van der Waals surface area contributed by atoms with E-state index in [1.165, 1.54) is 0 Å². The van der Waals surface area contributed by atoms with E-state index in [1.54, 1.807) is 18.2 Å². The van der Waals surface area contributed by atoms with Gasteiger partial charge in [-0.2, -0.15) is 5.26 Å². The van der Waals surface area contributed by atoms with Gasteiger partial charge in [-0.1, -0.05) is 48.5 Å². The molecule has 1 aliphatic rings. The minimum atomic E-state index is -0.410.